The highest BCUT2D eigenvalue weighted by Crippen LogP contribution is 2.59. The summed E-state index contributed by atoms with van der Waals surface area (Å²) in [5.41, 5.74) is 4.02. The Bertz CT molecular complexity index is 1130. The number of carbonyl (C=O) groups is 3. The van der Waals surface area contributed by atoms with Crippen LogP contribution in [0, 0.1) is 23.2 Å². The fourth-order valence-electron chi connectivity index (χ4n) is 8.86. The van der Waals surface area contributed by atoms with Crippen LogP contribution < -0.4 is 16.0 Å². The van der Waals surface area contributed by atoms with Crippen LogP contribution in [0.1, 0.15) is 163 Å². The Labute approximate surface area is 299 Å². The minimum Gasteiger partial charge on any atom is -0.393 e. The van der Waals surface area contributed by atoms with Crippen molar-refractivity contribution in [1.82, 2.24) is 16.0 Å². The molecule has 0 aromatic carbocycles. The van der Waals surface area contributed by atoms with Gasteiger partial charge in [0.25, 0.3) is 0 Å². The number of amides is 3. The van der Waals surface area contributed by atoms with E-state index in [1.54, 1.807) is 0 Å². The van der Waals surface area contributed by atoms with Crippen LogP contribution in [0.4, 0.5) is 0 Å². The van der Waals surface area contributed by atoms with Crippen molar-refractivity contribution in [2.75, 3.05) is 13.1 Å². The highest BCUT2D eigenvalue weighted by atomic mass is 16.3. The highest BCUT2D eigenvalue weighted by Gasteiger charge is 2.51. The first-order valence-electron chi connectivity index (χ1n) is 20.2. The van der Waals surface area contributed by atoms with Gasteiger partial charge < -0.3 is 21.1 Å². The lowest BCUT2D eigenvalue weighted by Gasteiger charge is -2.44. The predicted octanol–water partition coefficient (Wildman–Crippen LogP) is 8.62. The topological polar surface area (TPSA) is 108 Å². The van der Waals surface area contributed by atoms with E-state index in [1.807, 2.05) is 0 Å². The molecule has 0 radical (unpaired) electrons. The van der Waals surface area contributed by atoms with Gasteiger partial charge in [-0.2, -0.15) is 0 Å². The first-order chi connectivity index (χ1) is 23.6. The first kappa shape index (κ1) is 41.0. The molecule has 3 fully saturated rings. The summed E-state index contributed by atoms with van der Waals surface area (Å²) in [6.45, 7) is 14.4. The summed E-state index contributed by atoms with van der Waals surface area (Å²) < 4.78 is 0. The predicted molar refractivity (Wildman–Crippen MR) is 202 cm³/mol. The van der Waals surface area contributed by atoms with E-state index in [-0.39, 0.29) is 35.2 Å². The van der Waals surface area contributed by atoms with Crippen molar-refractivity contribution in [2.24, 2.45) is 23.2 Å². The van der Waals surface area contributed by atoms with E-state index in [9.17, 15) is 19.5 Å². The van der Waals surface area contributed by atoms with Crippen molar-refractivity contribution in [3.8, 4) is 0 Å². The van der Waals surface area contributed by atoms with E-state index in [0.29, 0.717) is 50.2 Å². The SMILES string of the molecule is C=C1CC[C@H](O)C/C1=C/C=C1\CCC[C@@]2(C)C1CCC2[C@H](C)C(=O)NCCCCNC(=O)CCCCCCC(=O)N[C@H](CC)CCCCC. The average molecular weight is 682 g/mol. The van der Waals surface area contributed by atoms with Gasteiger partial charge >= 0.3 is 0 Å². The van der Waals surface area contributed by atoms with Crippen LogP contribution in [-0.2, 0) is 14.4 Å². The number of hydrogen-bond donors (Lipinski definition) is 4. The first-order valence-corrected chi connectivity index (χ1v) is 20.2. The van der Waals surface area contributed by atoms with Crippen molar-refractivity contribution >= 4 is 17.7 Å². The van der Waals surface area contributed by atoms with Crippen LogP contribution in [0.25, 0.3) is 0 Å². The van der Waals surface area contributed by atoms with E-state index in [0.717, 1.165) is 89.0 Å². The zero-order valence-corrected chi connectivity index (χ0v) is 31.7. The van der Waals surface area contributed by atoms with E-state index >= 15 is 0 Å². The van der Waals surface area contributed by atoms with Crippen molar-refractivity contribution in [1.29, 1.82) is 0 Å². The largest absolute Gasteiger partial charge is 0.393 e. The molecule has 3 rings (SSSR count). The molecule has 3 amide bonds. The van der Waals surface area contributed by atoms with Crippen LogP contribution in [-0.4, -0.2) is 48.1 Å². The minimum atomic E-state index is -0.252. The third kappa shape index (κ3) is 13.3. The normalized spacial score (nSPS) is 26.7. The Balaban J connectivity index is 1.26. The number of rotatable bonds is 21. The van der Waals surface area contributed by atoms with Crippen molar-refractivity contribution in [3.05, 3.63) is 35.5 Å². The van der Waals surface area contributed by atoms with Gasteiger partial charge in [0.05, 0.1) is 6.10 Å². The van der Waals surface area contributed by atoms with Crippen LogP contribution in [0.5, 0.6) is 0 Å². The Morgan fingerprint density at radius 2 is 1.61 bits per heavy atom. The molecule has 0 aromatic rings. The summed E-state index contributed by atoms with van der Waals surface area (Å²) in [7, 11) is 0. The fraction of sp³-hybridized carbons (Fsp3) is 0.786. The van der Waals surface area contributed by atoms with E-state index < -0.39 is 0 Å². The van der Waals surface area contributed by atoms with E-state index in [2.05, 4.69) is 62.4 Å². The van der Waals surface area contributed by atoms with Gasteiger partial charge in [-0.25, -0.2) is 0 Å². The Kier molecular flexibility index (Phi) is 18.2. The zero-order valence-electron chi connectivity index (χ0n) is 31.7. The molecule has 0 bridgehead atoms. The molecule has 0 heterocycles. The second-order valence-corrected chi connectivity index (χ2v) is 15.7. The van der Waals surface area contributed by atoms with Gasteiger partial charge in [-0.05, 0) is 113 Å². The van der Waals surface area contributed by atoms with Crippen LogP contribution in [0.3, 0.4) is 0 Å². The standard InChI is InChI=1S/C42H71N3O4/c1-6-8-11-18-35(7-2)45-40(48)20-13-10-9-12-19-39(47)43-28-14-15-29-44-41(49)32(4)37-25-26-38-33(17-16-27-42(37,38)5)22-23-34-30-36(46)24-21-31(34)3/h22-23,32,35-38,46H,3,6-21,24-30H2,1-2,4-5H3,(H,43,47)(H,44,49)(H,45,48)/b33-22+,34-23-/t32-,35+,36-,37?,38?,42+/m0/s1. The zero-order chi connectivity index (χ0) is 35.6. The number of unbranched alkanes of at least 4 members (excludes halogenated alkanes) is 6. The number of aliphatic hydroxyl groups excluding tert-OH is 1. The Morgan fingerprint density at radius 1 is 0.898 bits per heavy atom. The molecule has 278 valence electrons. The lowest BCUT2D eigenvalue weighted by Crippen LogP contribution is -2.41. The molecular formula is C42H71N3O4. The van der Waals surface area contributed by atoms with Gasteiger partial charge in [-0.3, -0.25) is 14.4 Å². The smallest absolute Gasteiger partial charge is 0.223 e. The molecule has 3 aliphatic carbocycles. The molecule has 3 saturated carbocycles. The average Bonchev–Trinajstić information content (AvgIpc) is 3.44. The molecule has 2 unspecified atom stereocenters. The maximum absolute atomic E-state index is 13.2. The van der Waals surface area contributed by atoms with Gasteiger partial charge in [0.2, 0.25) is 17.7 Å². The van der Waals surface area contributed by atoms with Gasteiger partial charge in [-0.15, -0.1) is 0 Å². The number of allylic oxidation sites excluding steroid dienone is 4. The summed E-state index contributed by atoms with van der Waals surface area (Å²) in [6, 6.07) is 0.304. The molecule has 49 heavy (non-hydrogen) atoms. The van der Waals surface area contributed by atoms with E-state index in [1.165, 1.54) is 43.3 Å². The fourth-order valence-corrected chi connectivity index (χ4v) is 8.86. The summed E-state index contributed by atoms with van der Waals surface area (Å²) in [5.74, 6) is 1.31. The summed E-state index contributed by atoms with van der Waals surface area (Å²) >= 11 is 0. The molecule has 0 spiro atoms. The Morgan fingerprint density at radius 3 is 2.33 bits per heavy atom. The van der Waals surface area contributed by atoms with Crippen LogP contribution in [0.15, 0.2) is 35.5 Å². The molecule has 7 nitrogen and oxygen atoms in total. The third-order valence-electron chi connectivity index (χ3n) is 12.0. The van der Waals surface area contributed by atoms with Crippen molar-refractivity contribution in [2.45, 2.75) is 175 Å². The van der Waals surface area contributed by atoms with Gasteiger partial charge in [0.15, 0.2) is 0 Å². The lowest BCUT2D eigenvalue weighted by atomic mass is 9.61. The molecule has 7 heteroatoms. The Hall–Kier alpha value is -2.41. The molecular weight excluding hydrogens is 610 g/mol. The second-order valence-electron chi connectivity index (χ2n) is 15.7. The van der Waals surface area contributed by atoms with E-state index in [4.69, 9.17) is 0 Å². The van der Waals surface area contributed by atoms with Crippen LogP contribution in [0.2, 0.25) is 0 Å². The number of carbonyl (C=O) groups excluding carboxylic acids is 3. The molecule has 0 saturated heterocycles. The maximum Gasteiger partial charge on any atom is 0.223 e. The number of fused-ring (bicyclic) bond motifs is 1. The van der Waals surface area contributed by atoms with Gasteiger partial charge in [0.1, 0.15) is 0 Å². The van der Waals surface area contributed by atoms with Crippen molar-refractivity contribution in [3.63, 3.8) is 0 Å². The summed E-state index contributed by atoms with van der Waals surface area (Å²) in [4.78, 5) is 37.8. The lowest BCUT2D eigenvalue weighted by molar-refractivity contribution is -0.128. The number of nitrogens with one attached hydrogen (secondary N) is 3. The molecule has 0 aromatic heterocycles. The number of hydrogen-bond acceptors (Lipinski definition) is 4. The minimum absolute atomic E-state index is 0.0149. The third-order valence-corrected chi connectivity index (χ3v) is 12.0. The molecule has 3 aliphatic rings. The highest BCUT2D eigenvalue weighted by molar-refractivity contribution is 5.79. The second kappa shape index (κ2) is 21.7. The van der Waals surface area contributed by atoms with Gasteiger partial charge in [-0.1, -0.05) is 89.7 Å². The number of aliphatic hydroxyl groups is 1. The maximum atomic E-state index is 13.2. The summed E-state index contributed by atoms with van der Waals surface area (Å²) in [6.07, 6.45) is 24.6. The molecule has 6 atom stereocenters. The molecule has 4 N–H and O–H groups in total. The quantitative estimate of drug-likeness (QED) is 0.0910. The van der Waals surface area contributed by atoms with Crippen molar-refractivity contribution < 1.29 is 19.5 Å². The van der Waals surface area contributed by atoms with Gasteiger partial charge in [0, 0.05) is 37.9 Å². The van der Waals surface area contributed by atoms with Crippen LogP contribution >= 0.6 is 0 Å². The monoisotopic (exact) mass is 682 g/mol. The summed E-state index contributed by atoms with van der Waals surface area (Å²) in [5, 5.41) is 19.5. The molecule has 0 aliphatic heterocycles.